The number of halogens is 4. The second-order valence-electron chi connectivity index (χ2n) is 5.67. The number of nitrogens with one attached hydrogen (secondary N) is 1. The van der Waals surface area contributed by atoms with Crippen LogP contribution >= 0.6 is 34.8 Å². The van der Waals surface area contributed by atoms with E-state index in [0.717, 1.165) is 16.8 Å². The Kier molecular flexibility index (Phi) is 6.25. The Balaban J connectivity index is 1.60. The molecular weight excluding hydrogens is 396 g/mol. The first kappa shape index (κ1) is 18.8. The van der Waals surface area contributed by atoms with Gasteiger partial charge in [-0.2, -0.15) is 0 Å². The third-order valence-electron chi connectivity index (χ3n) is 3.70. The van der Waals surface area contributed by atoms with Gasteiger partial charge in [-0.25, -0.2) is 4.39 Å². The molecule has 0 aliphatic rings. The van der Waals surface area contributed by atoms with Crippen molar-refractivity contribution in [2.45, 2.75) is 13.2 Å². The minimum Gasteiger partial charge on any atom is -0.487 e. The van der Waals surface area contributed by atoms with Gasteiger partial charge >= 0.3 is 0 Å². The van der Waals surface area contributed by atoms with Crippen molar-refractivity contribution in [1.82, 2.24) is 0 Å². The minimum atomic E-state index is -0.443. The summed E-state index contributed by atoms with van der Waals surface area (Å²) in [7, 11) is 0. The van der Waals surface area contributed by atoms with E-state index in [1.807, 2.05) is 42.5 Å². The average Bonchev–Trinajstić information content (AvgIpc) is 2.62. The van der Waals surface area contributed by atoms with Gasteiger partial charge in [-0.3, -0.25) is 0 Å². The predicted molar refractivity (Wildman–Crippen MR) is 106 cm³/mol. The van der Waals surface area contributed by atoms with Crippen LogP contribution in [0.5, 0.6) is 5.75 Å². The molecule has 0 aliphatic heterocycles. The zero-order valence-corrected chi connectivity index (χ0v) is 15.9. The van der Waals surface area contributed by atoms with Crippen molar-refractivity contribution in [3.8, 4) is 5.75 Å². The molecule has 0 bridgehead atoms. The lowest BCUT2D eigenvalue weighted by Gasteiger charge is -2.11. The molecule has 3 rings (SSSR count). The van der Waals surface area contributed by atoms with Crippen LogP contribution in [0.1, 0.15) is 11.1 Å². The van der Waals surface area contributed by atoms with Crippen molar-refractivity contribution >= 4 is 40.5 Å². The van der Waals surface area contributed by atoms with Crippen molar-refractivity contribution in [3.63, 3.8) is 0 Å². The molecule has 0 amide bonds. The molecule has 1 N–H and O–H groups in total. The van der Waals surface area contributed by atoms with E-state index in [-0.39, 0.29) is 5.02 Å². The van der Waals surface area contributed by atoms with Crippen molar-refractivity contribution in [1.29, 1.82) is 0 Å². The fraction of sp³-hybridized carbons (Fsp3) is 0.100. The largest absolute Gasteiger partial charge is 0.487 e. The number of benzene rings is 3. The lowest BCUT2D eigenvalue weighted by atomic mass is 10.2. The van der Waals surface area contributed by atoms with Crippen LogP contribution in [0.2, 0.25) is 15.1 Å². The molecule has 0 aliphatic carbocycles. The van der Waals surface area contributed by atoms with Crippen molar-refractivity contribution in [2.75, 3.05) is 5.32 Å². The molecule has 6 heteroatoms. The van der Waals surface area contributed by atoms with Crippen LogP contribution in [0.4, 0.5) is 10.1 Å². The second-order valence-corrected chi connectivity index (χ2v) is 6.92. The minimum absolute atomic E-state index is 0.0813. The van der Waals surface area contributed by atoms with Gasteiger partial charge in [-0.1, -0.05) is 53.0 Å². The maximum atomic E-state index is 13.2. The highest BCUT2D eigenvalue weighted by Crippen LogP contribution is 2.27. The highest BCUT2D eigenvalue weighted by molar-refractivity contribution is 6.32. The molecule has 0 heterocycles. The van der Waals surface area contributed by atoms with Crippen LogP contribution < -0.4 is 10.1 Å². The van der Waals surface area contributed by atoms with E-state index in [4.69, 9.17) is 39.5 Å². The van der Waals surface area contributed by atoms with E-state index in [0.29, 0.717) is 28.9 Å². The lowest BCUT2D eigenvalue weighted by Crippen LogP contribution is -2.01. The summed E-state index contributed by atoms with van der Waals surface area (Å²) in [6.45, 7) is 0.905. The van der Waals surface area contributed by atoms with Gasteiger partial charge in [0, 0.05) is 17.3 Å². The molecule has 3 aromatic rings. The number of hydrogen-bond donors (Lipinski definition) is 1. The van der Waals surface area contributed by atoms with Crippen LogP contribution in [0, 0.1) is 5.82 Å². The summed E-state index contributed by atoms with van der Waals surface area (Å²) < 4.78 is 18.9. The Morgan fingerprint density at radius 2 is 1.69 bits per heavy atom. The Hall–Kier alpha value is -1.94. The molecule has 0 fully saturated rings. The first-order valence-electron chi connectivity index (χ1n) is 7.86. The Morgan fingerprint density at radius 1 is 0.846 bits per heavy atom. The first-order valence-corrected chi connectivity index (χ1v) is 8.99. The summed E-state index contributed by atoms with van der Waals surface area (Å²) in [4.78, 5) is 0. The summed E-state index contributed by atoms with van der Waals surface area (Å²) in [5.74, 6) is 0.154. The summed E-state index contributed by atoms with van der Waals surface area (Å²) in [6.07, 6.45) is 0. The molecule has 2 nitrogen and oxygen atoms in total. The van der Waals surface area contributed by atoms with Crippen LogP contribution in [0.15, 0.2) is 60.7 Å². The molecule has 26 heavy (non-hydrogen) atoms. The smallest absolute Gasteiger partial charge is 0.141 e. The Morgan fingerprint density at radius 3 is 2.42 bits per heavy atom. The molecule has 0 atom stereocenters. The molecule has 0 radical (unpaired) electrons. The summed E-state index contributed by atoms with van der Waals surface area (Å²) in [5.41, 5.74) is 2.66. The highest BCUT2D eigenvalue weighted by atomic mass is 35.5. The zero-order chi connectivity index (χ0) is 18.5. The van der Waals surface area contributed by atoms with Crippen molar-refractivity contribution < 1.29 is 9.13 Å². The third kappa shape index (κ3) is 5.04. The van der Waals surface area contributed by atoms with Crippen LogP contribution in [0.3, 0.4) is 0 Å². The fourth-order valence-electron chi connectivity index (χ4n) is 2.37. The highest BCUT2D eigenvalue weighted by Gasteiger charge is 2.05. The maximum Gasteiger partial charge on any atom is 0.141 e. The second kappa shape index (κ2) is 8.63. The quantitative estimate of drug-likeness (QED) is 0.473. The lowest BCUT2D eigenvalue weighted by molar-refractivity contribution is 0.306. The van der Waals surface area contributed by atoms with Gasteiger partial charge in [0.2, 0.25) is 0 Å². The van der Waals surface area contributed by atoms with Gasteiger partial charge in [0.05, 0.1) is 10.0 Å². The normalized spacial score (nSPS) is 10.6. The summed E-state index contributed by atoms with van der Waals surface area (Å²) in [5, 5.41) is 4.44. The number of anilines is 1. The van der Waals surface area contributed by atoms with E-state index in [9.17, 15) is 4.39 Å². The van der Waals surface area contributed by atoms with Crippen molar-refractivity contribution in [2.24, 2.45) is 0 Å². The van der Waals surface area contributed by atoms with Crippen LogP contribution in [-0.4, -0.2) is 0 Å². The third-order valence-corrected chi connectivity index (χ3v) is 4.52. The summed E-state index contributed by atoms with van der Waals surface area (Å²) in [6, 6.07) is 17.5. The molecule has 0 saturated heterocycles. The standard InChI is InChI=1S/C20H15Cl3FNO/c21-15-3-1-2-14(8-15)12-26-20-7-4-13(9-18(20)23)11-25-16-5-6-19(24)17(22)10-16/h1-10,25H,11-12H2. The van der Waals surface area contributed by atoms with Crippen LogP contribution in [-0.2, 0) is 13.2 Å². The van der Waals surface area contributed by atoms with Gasteiger partial charge in [0.25, 0.3) is 0 Å². The van der Waals surface area contributed by atoms with Crippen molar-refractivity contribution in [3.05, 3.63) is 92.7 Å². The van der Waals surface area contributed by atoms with E-state index in [1.165, 1.54) is 6.07 Å². The van der Waals surface area contributed by atoms with E-state index in [2.05, 4.69) is 5.32 Å². The van der Waals surface area contributed by atoms with Gasteiger partial charge in [0.15, 0.2) is 0 Å². The monoisotopic (exact) mass is 409 g/mol. The fourth-order valence-corrected chi connectivity index (χ4v) is 3.02. The molecule has 3 aromatic carbocycles. The number of rotatable bonds is 6. The maximum absolute atomic E-state index is 13.2. The molecule has 0 saturated carbocycles. The average molecular weight is 411 g/mol. The van der Waals surface area contributed by atoms with Gasteiger partial charge in [0.1, 0.15) is 18.2 Å². The number of hydrogen-bond acceptors (Lipinski definition) is 2. The topological polar surface area (TPSA) is 21.3 Å². The van der Waals surface area contributed by atoms with Gasteiger partial charge in [-0.05, 0) is 53.6 Å². The Labute approximate surface area is 166 Å². The molecule has 0 aromatic heterocycles. The molecule has 0 spiro atoms. The summed E-state index contributed by atoms with van der Waals surface area (Å²) >= 11 is 18.0. The van der Waals surface area contributed by atoms with E-state index < -0.39 is 5.82 Å². The molecular formula is C20H15Cl3FNO. The SMILES string of the molecule is Fc1ccc(NCc2ccc(OCc3cccc(Cl)c3)c(Cl)c2)cc1Cl. The molecule has 134 valence electrons. The number of ether oxygens (including phenoxy) is 1. The van der Waals surface area contributed by atoms with E-state index >= 15 is 0 Å². The van der Waals surface area contributed by atoms with Crippen LogP contribution in [0.25, 0.3) is 0 Å². The van der Waals surface area contributed by atoms with Gasteiger partial charge < -0.3 is 10.1 Å². The van der Waals surface area contributed by atoms with Gasteiger partial charge in [-0.15, -0.1) is 0 Å². The Bertz CT molecular complexity index is 917. The molecule has 0 unspecified atom stereocenters. The zero-order valence-electron chi connectivity index (χ0n) is 13.6. The van der Waals surface area contributed by atoms with E-state index in [1.54, 1.807) is 12.1 Å². The predicted octanol–water partition coefficient (Wildman–Crippen LogP) is 6.98. The first-order chi connectivity index (χ1) is 12.5.